The number of rotatable bonds is 6. The molecule has 1 fully saturated rings. The standard InChI is InChI=1S/C23H27BrN2O2/c1-26(2,22-12-14-28-15-13-22)17-19-6-9-21(10-7-19)25-23(27)11-8-18-4-3-5-20(24)16-18/h3-11,16,22H,12-15,17H2,1-2H3/p+1/b11-8+. The average Bonchev–Trinajstić information content (AvgIpc) is 2.68. The zero-order valence-corrected chi connectivity index (χ0v) is 18.1. The molecule has 1 aliphatic rings. The smallest absolute Gasteiger partial charge is 0.248 e. The van der Waals surface area contributed by atoms with Gasteiger partial charge in [-0.05, 0) is 35.9 Å². The zero-order chi connectivity index (χ0) is 20.0. The van der Waals surface area contributed by atoms with Gasteiger partial charge in [0.25, 0.3) is 0 Å². The Morgan fingerprint density at radius 1 is 1.18 bits per heavy atom. The number of halogens is 1. The van der Waals surface area contributed by atoms with Crippen LogP contribution in [0.4, 0.5) is 5.69 Å². The molecule has 1 N–H and O–H groups in total. The molecule has 28 heavy (non-hydrogen) atoms. The number of carbonyl (C=O) groups is 1. The van der Waals surface area contributed by atoms with Crippen molar-refractivity contribution in [1.29, 1.82) is 0 Å². The van der Waals surface area contributed by atoms with Crippen molar-refractivity contribution in [3.8, 4) is 0 Å². The first kappa shape index (κ1) is 20.8. The summed E-state index contributed by atoms with van der Waals surface area (Å²) in [4.78, 5) is 12.2. The van der Waals surface area contributed by atoms with Crippen molar-refractivity contribution in [2.45, 2.75) is 25.4 Å². The summed E-state index contributed by atoms with van der Waals surface area (Å²) in [6.07, 6.45) is 5.60. The summed E-state index contributed by atoms with van der Waals surface area (Å²) in [6, 6.07) is 16.6. The summed E-state index contributed by atoms with van der Waals surface area (Å²) >= 11 is 3.43. The van der Waals surface area contributed by atoms with E-state index in [1.54, 1.807) is 6.08 Å². The molecule has 1 saturated heterocycles. The Hall–Kier alpha value is -1.95. The lowest BCUT2D eigenvalue weighted by molar-refractivity contribution is -0.929. The van der Waals surface area contributed by atoms with Gasteiger partial charge in [-0.3, -0.25) is 4.79 Å². The topological polar surface area (TPSA) is 38.3 Å². The third-order valence-corrected chi connectivity index (χ3v) is 5.76. The average molecular weight is 444 g/mol. The Morgan fingerprint density at radius 2 is 1.89 bits per heavy atom. The van der Waals surface area contributed by atoms with Crippen molar-refractivity contribution in [2.24, 2.45) is 0 Å². The van der Waals surface area contributed by atoms with Crippen LogP contribution in [0.2, 0.25) is 0 Å². The predicted molar refractivity (Wildman–Crippen MR) is 118 cm³/mol. The van der Waals surface area contributed by atoms with Crippen LogP contribution in [0.25, 0.3) is 6.08 Å². The largest absolute Gasteiger partial charge is 0.381 e. The molecule has 2 aromatic carbocycles. The van der Waals surface area contributed by atoms with E-state index in [9.17, 15) is 4.79 Å². The van der Waals surface area contributed by atoms with Crippen LogP contribution in [0.15, 0.2) is 59.1 Å². The fourth-order valence-electron chi connectivity index (χ4n) is 3.64. The van der Waals surface area contributed by atoms with Gasteiger partial charge in [0.1, 0.15) is 6.54 Å². The molecule has 3 rings (SSSR count). The maximum Gasteiger partial charge on any atom is 0.248 e. The second kappa shape index (κ2) is 9.50. The van der Waals surface area contributed by atoms with Crippen LogP contribution in [0.3, 0.4) is 0 Å². The molecular formula is C23H28BrN2O2+. The van der Waals surface area contributed by atoms with E-state index in [4.69, 9.17) is 4.74 Å². The molecule has 0 spiro atoms. The first-order chi connectivity index (χ1) is 13.4. The van der Waals surface area contributed by atoms with Gasteiger partial charge in [-0.2, -0.15) is 0 Å². The SMILES string of the molecule is C[N+](C)(Cc1ccc(NC(=O)/C=C/c2cccc(Br)c2)cc1)C1CCOCC1. The third kappa shape index (κ3) is 6.03. The Kier molecular flexibility index (Phi) is 7.05. The van der Waals surface area contributed by atoms with Gasteiger partial charge in [-0.25, -0.2) is 0 Å². The van der Waals surface area contributed by atoms with Gasteiger partial charge in [-0.15, -0.1) is 0 Å². The first-order valence-electron chi connectivity index (χ1n) is 9.66. The third-order valence-electron chi connectivity index (χ3n) is 5.27. The molecule has 0 bridgehead atoms. The van der Waals surface area contributed by atoms with Crippen LogP contribution >= 0.6 is 15.9 Å². The Morgan fingerprint density at radius 3 is 2.57 bits per heavy atom. The molecule has 1 amide bonds. The van der Waals surface area contributed by atoms with Crippen LogP contribution in [0.5, 0.6) is 0 Å². The number of amides is 1. The van der Waals surface area contributed by atoms with Crippen molar-refractivity contribution in [3.63, 3.8) is 0 Å². The quantitative estimate of drug-likeness (QED) is 0.511. The van der Waals surface area contributed by atoms with Gasteiger partial charge < -0.3 is 14.5 Å². The van der Waals surface area contributed by atoms with Crippen molar-refractivity contribution in [2.75, 3.05) is 32.6 Å². The van der Waals surface area contributed by atoms with Crippen molar-refractivity contribution < 1.29 is 14.0 Å². The summed E-state index contributed by atoms with van der Waals surface area (Å²) in [5, 5.41) is 2.92. The lowest BCUT2D eigenvalue weighted by Gasteiger charge is -2.40. The summed E-state index contributed by atoms with van der Waals surface area (Å²) < 4.78 is 7.45. The van der Waals surface area contributed by atoms with E-state index in [1.807, 2.05) is 42.5 Å². The van der Waals surface area contributed by atoms with Gasteiger partial charge in [0.15, 0.2) is 0 Å². The molecule has 2 aromatic rings. The maximum absolute atomic E-state index is 12.2. The highest BCUT2D eigenvalue weighted by Crippen LogP contribution is 2.23. The number of nitrogens with one attached hydrogen (secondary N) is 1. The second-order valence-electron chi connectivity index (χ2n) is 7.85. The Bertz CT molecular complexity index is 825. The summed E-state index contributed by atoms with van der Waals surface area (Å²) in [7, 11) is 4.58. The van der Waals surface area contributed by atoms with E-state index >= 15 is 0 Å². The highest BCUT2D eigenvalue weighted by molar-refractivity contribution is 9.10. The number of ether oxygens (including phenoxy) is 1. The Balaban J connectivity index is 1.55. The Labute approximate surface area is 175 Å². The number of nitrogens with zero attached hydrogens (tertiary/aromatic N) is 1. The van der Waals surface area contributed by atoms with Gasteiger partial charge in [-0.1, -0.05) is 40.2 Å². The van der Waals surface area contributed by atoms with Crippen molar-refractivity contribution in [3.05, 3.63) is 70.2 Å². The molecule has 1 heterocycles. The number of benzene rings is 2. The normalized spacial score (nSPS) is 15.7. The van der Waals surface area contributed by atoms with Crippen LogP contribution in [0, 0.1) is 0 Å². The molecule has 0 unspecified atom stereocenters. The van der Waals surface area contributed by atoms with Crippen LogP contribution in [-0.4, -0.2) is 43.7 Å². The molecule has 0 saturated carbocycles. The highest BCUT2D eigenvalue weighted by Gasteiger charge is 2.30. The van der Waals surface area contributed by atoms with E-state index in [0.717, 1.165) is 52.8 Å². The molecule has 0 aliphatic carbocycles. The second-order valence-corrected chi connectivity index (χ2v) is 8.77. The fourth-order valence-corrected chi connectivity index (χ4v) is 4.06. The van der Waals surface area contributed by atoms with Crippen molar-refractivity contribution in [1.82, 2.24) is 0 Å². The molecular weight excluding hydrogens is 416 g/mol. The van der Waals surface area contributed by atoms with Crippen molar-refractivity contribution >= 4 is 33.6 Å². The van der Waals surface area contributed by atoms with Gasteiger partial charge >= 0.3 is 0 Å². The van der Waals surface area contributed by atoms with Crippen LogP contribution < -0.4 is 5.32 Å². The minimum atomic E-state index is -0.133. The molecule has 0 atom stereocenters. The summed E-state index contributed by atoms with van der Waals surface area (Å²) in [5.74, 6) is -0.133. The zero-order valence-electron chi connectivity index (χ0n) is 16.5. The van der Waals surface area contributed by atoms with Gasteiger partial charge in [0.05, 0.1) is 33.4 Å². The van der Waals surface area contributed by atoms with Gasteiger partial charge in [0.2, 0.25) is 5.91 Å². The molecule has 148 valence electrons. The molecule has 0 radical (unpaired) electrons. The first-order valence-corrected chi connectivity index (χ1v) is 10.5. The van der Waals surface area contributed by atoms with E-state index in [2.05, 4.69) is 47.5 Å². The number of quaternary nitrogens is 1. The fraction of sp³-hybridized carbons (Fsp3) is 0.348. The number of hydrogen-bond donors (Lipinski definition) is 1. The molecule has 5 heteroatoms. The molecule has 0 aromatic heterocycles. The van der Waals surface area contributed by atoms with Crippen LogP contribution in [0.1, 0.15) is 24.0 Å². The molecule has 4 nitrogen and oxygen atoms in total. The number of carbonyl (C=O) groups excluding carboxylic acids is 1. The van der Waals surface area contributed by atoms with E-state index < -0.39 is 0 Å². The van der Waals surface area contributed by atoms with E-state index in [1.165, 1.54) is 5.56 Å². The lowest BCUT2D eigenvalue weighted by atomic mass is 10.0. The van der Waals surface area contributed by atoms with Gasteiger partial charge in [0, 0.05) is 34.6 Å². The lowest BCUT2D eigenvalue weighted by Crippen LogP contribution is -2.50. The number of hydrogen-bond acceptors (Lipinski definition) is 2. The predicted octanol–water partition coefficient (Wildman–Crippen LogP) is 4.86. The van der Waals surface area contributed by atoms with E-state index in [-0.39, 0.29) is 5.91 Å². The van der Waals surface area contributed by atoms with E-state index in [0.29, 0.717) is 6.04 Å². The minimum absolute atomic E-state index is 0.133. The summed E-state index contributed by atoms with van der Waals surface area (Å²) in [6.45, 7) is 2.71. The summed E-state index contributed by atoms with van der Waals surface area (Å²) in [5.41, 5.74) is 3.07. The monoisotopic (exact) mass is 443 g/mol. The van der Waals surface area contributed by atoms with Crippen LogP contribution in [-0.2, 0) is 16.1 Å². The maximum atomic E-state index is 12.2. The molecule has 1 aliphatic heterocycles. The highest BCUT2D eigenvalue weighted by atomic mass is 79.9. The number of anilines is 1. The minimum Gasteiger partial charge on any atom is -0.381 e.